The molecule has 18 N–H and O–H groups in total. The highest BCUT2D eigenvalue weighted by Gasteiger charge is 2.42. The molecule has 32 heteroatoms. The van der Waals surface area contributed by atoms with Gasteiger partial charge in [-0.25, -0.2) is 0 Å². The molecule has 0 aliphatic carbocycles. The molecule has 8 aromatic carbocycles. The number of aromatic hydroxyl groups is 6. The summed E-state index contributed by atoms with van der Waals surface area (Å²) in [7, 11) is 3.84. The molecule has 30 nitrogen and oxygen atoms in total. The van der Waals surface area contributed by atoms with E-state index in [0.29, 0.717) is 24.9 Å². The third-order valence-corrected chi connectivity index (χ3v) is 20.0. The fourth-order valence-electron chi connectivity index (χ4n) is 13.4. The lowest BCUT2D eigenvalue weighted by atomic mass is 9.89. The van der Waals surface area contributed by atoms with Crippen LogP contribution in [0.5, 0.6) is 69.0 Å². The van der Waals surface area contributed by atoms with Gasteiger partial charge in [-0.2, -0.15) is 5.48 Å². The van der Waals surface area contributed by atoms with Crippen molar-refractivity contribution in [1.82, 2.24) is 52.9 Å². The second kappa shape index (κ2) is 35.0. The van der Waals surface area contributed by atoms with Crippen molar-refractivity contribution in [1.29, 1.82) is 0 Å². The molecule has 0 aromatic heterocycles. The molecule has 1 unspecified atom stereocenters. The van der Waals surface area contributed by atoms with E-state index in [1.165, 1.54) is 66.2 Å². The van der Waals surface area contributed by atoms with Crippen LogP contribution in [0.25, 0.3) is 11.1 Å². The Balaban J connectivity index is 0.925. The second-order valence-corrected chi connectivity index (χ2v) is 28.7. The monoisotopic (exact) mass is 1570 g/mol. The Morgan fingerprint density at radius 2 is 1.18 bits per heavy atom. The van der Waals surface area contributed by atoms with Crippen LogP contribution in [0.15, 0.2) is 140 Å². The third-order valence-electron chi connectivity index (χ3n) is 19.4. The van der Waals surface area contributed by atoms with Gasteiger partial charge in [0.1, 0.15) is 94.7 Å². The van der Waals surface area contributed by atoms with Crippen LogP contribution in [0, 0.1) is 0 Å². The van der Waals surface area contributed by atoms with Gasteiger partial charge in [0.15, 0.2) is 23.0 Å². The maximum Gasteiger partial charge on any atom is 0.248 e. The average molecular weight is 1570 g/mol. The van der Waals surface area contributed by atoms with Gasteiger partial charge < -0.3 is 103 Å². The number of aliphatic hydroxyl groups excluding tert-OH is 1. The number of phenolic OH excluding ortho intramolecular Hbond substituents is 6. The van der Waals surface area contributed by atoms with Crippen LogP contribution in [0.1, 0.15) is 132 Å². The molecular formula is C80H83Cl2N11O19. The van der Waals surface area contributed by atoms with E-state index >= 15 is 28.8 Å². The first kappa shape index (κ1) is 79.6. The van der Waals surface area contributed by atoms with E-state index in [0.717, 1.165) is 86.0 Å². The molecule has 17 bridgehead atoms. The summed E-state index contributed by atoms with van der Waals surface area (Å²) in [4.78, 5) is 129. The zero-order valence-electron chi connectivity index (χ0n) is 60.8. The molecule has 112 heavy (non-hydrogen) atoms. The molecule has 0 saturated heterocycles. The van der Waals surface area contributed by atoms with Gasteiger partial charge in [-0.1, -0.05) is 85.1 Å². The SMILES string of the molecule is CCCCc1ccc(CONC(CCCCNC(=O)[C@H]2NC(=O)[C@H]3NC(=O)[C@H](NC(=O)[C@@H]4NC(=O)[C@H]5NC(=O)[C@@H](Cc6ccc(c(Cl)c6)Oc6cc4cc(c6O)Oc4ccc(cc4Cl)[C@H]3O)NC(=O)[C@H](N)c3ccc(O)c(c3)Oc3cc(O)cc5c3)c3ccc(O)c(c3)-c3c(O)cc(O)cc32)C(=O)NCCCN(C)C)cc1. The van der Waals surface area contributed by atoms with Gasteiger partial charge in [0, 0.05) is 42.8 Å². The number of unbranched alkanes of at least 4 members (excludes halogenated alkanes) is 2. The number of phenols is 6. The molecule has 0 spiro atoms. The van der Waals surface area contributed by atoms with Crippen molar-refractivity contribution in [2.24, 2.45) is 5.73 Å². The Bertz CT molecular complexity index is 4950. The average Bonchev–Trinajstić information content (AvgIpc) is 0.768. The van der Waals surface area contributed by atoms with E-state index < -0.39 is 147 Å². The minimum atomic E-state index is -2.19. The number of carbonyl (C=O) groups excluding carboxylic acids is 8. The minimum absolute atomic E-state index is 0.108. The Hall–Kier alpha value is -11.9. The van der Waals surface area contributed by atoms with Gasteiger partial charge >= 0.3 is 0 Å². The number of hydroxylamine groups is 1. The summed E-state index contributed by atoms with van der Waals surface area (Å²) in [5.74, 6) is -14.2. The fourth-order valence-corrected chi connectivity index (χ4v) is 13.9. The molecule has 6 aliphatic heterocycles. The van der Waals surface area contributed by atoms with Crippen LogP contribution in [0.3, 0.4) is 0 Å². The van der Waals surface area contributed by atoms with Gasteiger partial charge in [0.25, 0.3) is 0 Å². The predicted molar refractivity (Wildman–Crippen MR) is 407 cm³/mol. The summed E-state index contributed by atoms with van der Waals surface area (Å²) in [5, 5.41) is 103. The molecule has 9 atom stereocenters. The van der Waals surface area contributed by atoms with Gasteiger partial charge in [-0.05, 0) is 188 Å². The van der Waals surface area contributed by atoms with E-state index in [1.807, 2.05) is 43.3 Å². The summed E-state index contributed by atoms with van der Waals surface area (Å²) in [6.07, 6.45) is 2.00. The maximum absolute atomic E-state index is 16.1. The van der Waals surface area contributed by atoms with E-state index in [1.54, 1.807) is 0 Å². The lowest BCUT2D eigenvalue weighted by Gasteiger charge is -2.31. The van der Waals surface area contributed by atoms with E-state index in [-0.39, 0.29) is 110 Å². The van der Waals surface area contributed by atoms with Crippen LogP contribution < -0.4 is 68.0 Å². The first-order valence-electron chi connectivity index (χ1n) is 36.1. The number of carbonyl (C=O) groups is 8. The summed E-state index contributed by atoms with van der Waals surface area (Å²) < 4.78 is 18.7. The van der Waals surface area contributed by atoms with Crippen molar-refractivity contribution in [2.75, 3.05) is 33.7 Å². The Morgan fingerprint density at radius 3 is 1.88 bits per heavy atom. The smallest absolute Gasteiger partial charge is 0.248 e. The first-order chi connectivity index (χ1) is 53.7. The highest BCUT2D eigenvalue weighted by molar-refractivity contribution is 6.32. The summed E-state index contributed by atoms with van der Waals surface area (Å²) in [6, 6.07) is 16.1. The number of benzene rings is 8. The molecule has 6 heterocycles. The standard InChI is InChI=1S/C80H83Cl2N11O19/c1-4-5-9-39-11-13-40(14-12-39)38-109-92-54(73(101)84-24-8-25-93(2)3)10-6-7-23-85-76(104)69-51-36-48(95)37-58(98)64(51)50-30-43(17-19-56(50)96)66-77(105)91-70(80(108)90-69)71(99)44-18-22-60(53(82)31-44)112-63-34-46-33-62(72(63)100)111-59-21-15-41(26-52(59)81)27-55-74(102)87-67(78(106)89-68(46)79(107)88-66)45-28-47(94)35-49(29-45)110-61-32-42(16-20-57(61)97)65(83)75(103)86-55/h11-22,26,28-37,54-55,65-71,92,94-100H,4-10,23-25,27,38,83H2,1-3H3,(H,84,101)(H,85,104)(H,86,103)(H,87,102)(H,88,107)(H,89,106)(H,90,108)(H,91,105)/t54?,55-,65-,66-,67+,68-,69+,70+,71-/m1/s1. The Kier molecular flexibility index (Phi) is 24.9. The fraction of sp³-hybridized carbons (Fsp3) is 0.300. The van der Waals surface area contributed by atoms with Crippen molar-refractivity contribution in [2.45, 2.75) is 119 Å². The molecule has 0 fully saturated rings. The number of nitrogens with two attached hydrogens (primary N) is 1. The quantitative estimate of drug-likeness (QED) is 0.0289. The zero-order valence-corrected chi connectivity index (χ0v) is 62.3. The van der Waals surface area contributed by atoms with Crippen LogP contribution >= 0.6 is 23.2 Å². The van der Waals surface area contributed by atoms with Crippen molar-refractivity contribution < 1.29 is 93.2 Å². The zero-order chi connectivity index (χ0) is 79.8. The predicted octanol–water partition coefficient (Wildman–Crippen LogP) is 7.69. The van der Waals surface area contributed by atoms with Crippen LogP contribution in [0.4, 0.5) is 0 Å². The maximum atomic E-state index is 16.1. The topological polar surface area (TPSA) is 453 Å². The number of nitrogens with one attached hydrogen (secondary N) is 9. The third kappa shape index (κ3) is 18.6. The number of hydrogen-bond donors (Lipinski definition) is 17. The number of halogens is 2. The van der Waals surface area contributed by atoms with Gasteiger partial charge in [-0.15, -0.1) is 0 Å². The highest BCUT2D eigenvalue weighted by atomic mass is 35.5. The van der Waals surface area contributed by atoms with Gasteiger partial charge in [0.05, 0.1) is 16.7 Å². The number of aryl methyl sites for hydroxylation is 1. The summed E-state index contributed by atoms with van der Waals surface area (Å²) in [6.45, 7) is 3.28. The molecule has 6 aliphatic rings. The lowest BCUT2D eigenvalue weighted by molar-refractivity contribution is -0.137. The molecule has 14 rings (SSSR count). The van der Waals surface area contributed by atoms with E-state index in [9.17, 15) is 45.3 Å². The number of nitrogens with zero attached hydrogens (tertiary/aromatic N) is 1. The minimum Gasteiger partial charge on any atom is -0.508 e. The number of rotatable bonds is 18. The number of fused-ring (bicyclic) bond motifs is 14. The summed E-state index contributed by atoms with van der Waals surface area (Å²) >= 11 is 13.9. The van der Waals surface area contributed by atoms with Gasteiger partial charge in [0.2, 0.25) is 53.0 Å². The number of aliphatic hydroxyl groups is 1. The van der Waals surface area contributed by atoms with Crippen molar-refractivity contribution >= 4 is 70.5 Å². The molecule has 0 radical (unpaired) electrons. The number of amides is 8. The summed E-state index contributed by atoms with van der Waals surface area (Å²) in [5.41, 5.74) is 9.80. The van der Waals surface area contributed by atoms with E-state index in [2.05, 4.69) is 54.9 Å². The van der Waals surface area contributed by atoms with Gasteiger partial charge in [-0.3, -0.25) is 43.2 Å². The van der Waals surface area contributed by atoms with E-state index in [4.69, 9.17) is 48.0 Å². The molecule has 8 amide bonds. The Morgan fingerprint density at radius 1 is 0.562 bits per heavy atom. The molecule has 8 aromatic rings. The second-order valence-electron chi connectivity index (χ2n) is 27.9. The largest absolute Gasteiger partial charge is 0.508 e. The highest BCUT2D eigenvalue weighted by Crippen LogP contribution is 2.48. The van der Waals surface area contributed by atoms with Crippen molar-refractivity contribution in [3.05, 3.63) is 200 Å². The number of ether oxygens (including phenoxy) is 3. The van der Waals surface area contributed by atoms with Crippen molar-refractivity contribution in [3.8, 4) is 80.1 Å². The lowest BCUT2D eigenvalue weighted by Crippen LogP contribution is -2.56. The van der Waals surface area contributed by atoms with Crippen LogP contribution in [-0.2, 0) is 62.6 Å². The Labute approximate surface area is 651 Å². The first-order valence-corrected chi connectivity index (χ1v) is 36.9. The number of hydrogen-bond acceptors (Lipinski definition) is 22. The van der Waals surface area contributed by atoms with Crippen LogP contribution in [0.2, 0.25) is 10.0 Å². The molecule has 0 saturated carbocycles. The normalized spacial score (nSPS) is 19.8. The van der Waals surface area contributed by atoms with Crippen LogP contribution in [-0.4, -0.2) is 140 Å². The molecule has 586 valence electrons. The van der Waals surface area contributed by atoms with Crippen molar-refractivity contribution in [3.63, 3.8) is 0 Å². The molecular weight excluding hydrogens is 1490 g/mol.